The summed E-state index contributed by atoms with van der Waals surface area (Å²) in [5.41, 5.74) is 7.19. The van der Waals surface area contributed by atoms with Crippen LogP contribution in [0, 0.1) is 6.92 Å². The maximum atomic E-state index is 4.74. The quantitative estimate of drug-likeness (QED) is 0.257. The van der Waals surface area contributed by atoms with Crippen molar-refractivity contribution in [1.29, 1.82) is 0 Å². The smallest absolute Gasteiger partial charge is 0.183 e. The van der Waals surface area contributed by atoms with E-state index in [2.05, 4.69) is 23.5 Å². The Bertz CT molecular complexity index is 1140. The highest BCUT2D eigenvalue weighted by Gasteiger charge is 2.10. The second kappa shape index (κ2) is 9.08. The number of allylic oxidation sites excluding steroid dienone is 1. The van der Waals surface area contributed by atoms with Crippen molar-refractivity contribution in [2.75, 3.05) is 0 Å². The SMILES string of the molecule is Cc1ccc(N=C(N/N=C/C=C/c2ccccc2)c2nc3ccccc3s2)cc1. The molecule has 29 heavy (non-hydrogen) atoms. The minimum absolute atomic E-state index is 0.624. The van der Waals surface area contributed by atoms with Crippen molar-refractivity contribution in [3.8, 4) is 0 Å². The van der Waals surface area contributed by atoms with E-state index in [0.29, 0.717) is 5.84 Å². The van der Waals surface area contributed by atoms with E-state index < -0.39 is 0 Å². The summed E-state index contributed by atoms with van der Waals surface area (Å²) < 4.78 is 1.12. The second-order valence-electron chi connectivity index (χ2n) is 6.44. The zero-order valence-electron chi connectivity index (χ0n) is 16.0. The average Bonchev–Trinajstić information content (AvgIpc) is 3.19. The van der Waals surface area contributed by atoms with Crippen LogP contribution in [0.3, 0.4) is 0 Å². The van der Waals surface area contributed by atoms with E-state index in [1.807, 2.05) is 84.9 Å². The molecule has 0 radical (unpaired) electrons. The minimum Gasteiger partial charge on any atom is -0.259 e. The molecule has 4 nitrogen and oxygen atoms in total. The van der Waals surface area contributed by atoms with Crippen LogP contribution in [0.5, 0.6) is 0 Å². The van der Waals surface area contributed by atoms with Crippen LogP contribution in [0.25, 0.3) is 16.3 Å². The van der Waals surface area contributed by atoms with Crippen molar-refractivity contribution in [3.05, 3.63) is 101 Å². The summed E-state index contributed by atoms with van der Waals surface area (Å²) in [4.78, 5) is 9.44. The molecule has 0 saturated carbocycles. The molecule has 3 aromatic carbocycles. The number of para-hydroxylation sites is 1. The number of aromatic nitrogens is 1. The molecule has 0 aliphatic carbocycles. The molecule has 1 N–H and O–H groups in total. The lowest BCUT2D eigenvalue weighted by Crippen LogP contribution is -2.18. The van der Waals surface area contributed by atoms with Crippen LogP contribution in [-0.2, 0) is 0 Å². The van der Waals surface area contributed by atoms with Crippen LogP contribution in [0.2, 0.25) is 0 Å². The normalized spacial score (nSPS) is 12.2. The fourth-order valence-corrected chi connectivity index (χ4v) is 3.61. The molecule has 5 heteroatoms. The van der Waals surface area contributed by atoms with Gasteiger partial charge in [-0.15, -0.1) is 11.3 Å². The lowest BCUT2D eigenvalue weighted by Gasteiger charge is -2.02. The molecule has 0 fully saturated rings. The van der Waals surface area contributed by atoms with Gasteiger partial charge in [0.15, 0.2) is 10.8 Å². The van der Waals surface area contributed by atoms with Gasteiger partial charge in [0, 0.05) is 6.21 Å². The molecular weight excluding hydrogens is 376 g/mol. The van der Waals surface area contributed by atoms with Crippen LogP contribution in [-0.4, -0.2) is 17.0 Å². The summed E-state index contributed by atoms with van der Waals surface area (Å²) in [6, 6.07) is 26.2. The van der Waals surface area contributed by atoms with Gasteiger partial charge in [0.25, 0.3) is 0 Å². The van der Waals surface area contributed by atoms with E-state index in [-0.39, 0.29) is 0 Å². The Morgan fingerprint density at radius 3 is 2.48 bits per heavy atom. The minimum atomic E-state index is 0.624. The highest BCUT2D eigenvalue weighted by molar-refractivity contribution is 7.20. The number of hydrazone groups is 1. The number of fused-ring (bicyclic) bond motifs is 1. The largest absolute Gasteiger partial charge is 0.259 e. The van der Waals surface area contributed by atoms with E-state index in [9.17, 15) is 0 Å². The van der Waals surface area contributed by atoms with Gasteiger partial charge in [0.05, 0.1) is 15.9 Å². The highest BCUT2D eigenvalue weighted by atomic mass is 32.1. The number of nitrogens with one attached hydrogen (secondary N) is 1. The van der Waals surface area contributed by atoms with Gasteiger partial charge in [-0.25, -0.2) is 9.98 Å². The maximum absolute atomic E-state index is 4.74. The predicted molar refractivity (Wildman–Crippen MR) is 124 cm³/mol. The molecule has 1 heterocycles. The van der Waals surface area contributed by atoms with E-state index in [1.165, 1.54) is 5.56 Å². The first-order valence-electron chi connectivity index (χ1n) is 9.30. The third kappa shape index (κ3) is 5.03. The molecule has 0 spiro atoms. The maximum Gasteiger partial charge on any atom is 0.183 e. The van der Waals surface area contributed by atoms with Gasteiger partial charge >= 0.3 is 0 Å². The molecule has 0 amide bonds. The van der Waals surface area contributed by atoms with Gasteiger partial charge < -0.3 is 0 Å². The predicted octanol–water partition coefficient (Wildman–Crippen LogP) is 5.97. The molecule has 4 aromatic rings. The number of thiazole rings is 1. The summed E-state index contributed by atoms with van der Waals surface area (Å²) in [5, 5.41) is 5.12. The summed E-state index contributed by atoms with van der Waals surface area (Å²) in [6.45, 7) is 2.06. The molecule has 0 atom stereocenters. The number of aliphatic imine (C=N–C) groups is 1. The third-order valence-corrected chi connectivity index (χ3v) is 5.23. The van der Waals surface area contributed by atoms with Crippen molar-refractivity contribution in [1.82, 2.24) is 10.4 Å². The van der Waals surface area contributed by atoms with Gasteiger partial charge in [0.2, 0.25) is 0 Å². The molecular formula is C24H20N4S. The van der Waals surface area contributed by atoms with Crippen molar-refractivity contribution in [2.24, 2.45) is 10.1 Å². The Morgan fingerprint density at radius 2 is 1.69 bits per heavy atom. The zero-order valence-corrected chi connectivity index (χ0v) is 16.8. The van der Waals surface area contributed by atoms with E-state index in [1.54, 1.807) is 17.6 Å². The summed E-state index contributed by atoms with van der Waals surface area (Å²) in [5.74, 6) is 0.624. The fourth-order valence-electron chi connectivity index (χ4n) is 2.70. The lowest BCUT2D eigenvalue weighted by molar-refractivity contribution is 1.03. The number of benzene rings is 3. The van der Waals surface area contributed by atoms with Crippen molar-refractivity contribution in [3.63, 3.8) is 0 Å². The standard InChI is InChI=1S/C24H20N4S/c1-18-13-15-20(16-14-18)26-23(24-27-21-11-5-6-12-22(21)29-24)28-25-17-7-10-19-8-3-2-4-9-19/h2-17H,1H3,(H,26,28)/b10-7+,25-17+. The van der Waals surface area contributed by atoms with Crippen molar-refractivity contribution >= 4 is 45.4 Å². The fraction of sp³-hybridized carbons (Fsp3) is 0.0417. The lowest BCUT2D eigenvalue weighted by atomic mass is 10.2. The van der Waals surface area contributed by atoms with Crippen LogP contribution in [0.1, 0.15) is 16.1 Å². The first kappa shape index (κ1) is 18.8. The molecule has 0 saturated heterocycles. The first-order valence-corrected chi connectivity index (χ1v) is 10.1. The number of hydrogen-bond acceptors (Lipinski definition) is 4. The summed E-state index contributed by atoms with van der Waals surface area (Å²) >= 11 is 1.59. The van der Waals surface area contributed by atoms with Crippen molar-refractivity contribution in [2.45, 2.75) is 6.92 Å². The molecule has 0 aliphatic heterocycles. The van der Waals surface area contributed by atoms with Gasteiger partial charge in [-0.05, 0) is 42.8 Å². The number of hydrogen-bond donors (Lipinski definition) is 1. The third-order valence-electron chi connectivity index (χ3n) is 4.19. The Balaban J connectivity index is 1.58. The summed E-state index contributed by atoms with van der Waals surface area (Å²) in [7, 11) is 0. The van der Waals surface area contributed by atoms with Crippen LogP contribution >= 0.6 is 11.3 Å². The Hall–Kier alpha value is -3.57. The first-order chi connectivity index (χ1) is 14.3. The second-order valence-corrected chi connectivity index (χ2v) is 7.47. The number of amidine groups is 1. The molecule has 4 rings (SSSR count). The summed E-state index contributed by atoms with van der Waals surface area (Å²) in [6.07, 6.45) is 5.61. The Labute approximate surface area is 174 Å². The van der Waals surface area contributed by atoms with E-state index >= 15 is 0 Å². The highest BCUT2D eigenvalue weighted by Crippen LogP contribution is 2.23. The van der Waals surface area contributed by atoms with Gasteiger partial charge in [-0.2, -0.15) is 5.10 Å². The Morgan fingerprint density at radius 1 is 0.931 bits per heavy atom. The van der Waals surface area contributed by atoms with Crippen LogP contribution in [0.4, 0.5) is 5.69 Å². The zero-order chi connectivity index (χ0) is 19.9. The number of rotatable bonds is 5. The van der Waals surface area contributed by atoms with Gasteiger partial charge in [-0.3, -0.25) is 5.43 Å². The molecule has 0 bridgehead atoms. The average molecular weight is 397 g/mol. The van der Waals surface area contributed by atoms with E-state index in [0.717, 1.165) is 26.5 Å². The Kier molecular flexibility index (Phi) is 5.88. The molecule has 142 valence electrons. The van der Waals surface area contributed by atoms with Crippen molar-refractivity contribution < 1.29 is 0 Å². The van der Waals surface area contributed by atoms with E-state index in [4.69, 9.17) is 9.98 Å². The van der Waals surface area contributed by atoms with Crippen LogP contribution < -0.4 is 5.43 Å². The topological polar surface area (TPSA) is 49.6 Å². The molecule has 1 aromatic heterocycles. The van der Waals surface area contributed by atoms with Crippen LogP contribution in [0.15, 0.2) is 95.0 Å². The monoisotopic (exact) mass is 396 g/mol. The van der Waals surface area contributed by atoms with Gasteiger partial charge in [0.1, 0.15) is 0 Å². The molecule has 0 aliphatic rings. The number of aryl methyl sites for hydroxylation is 1. The number of nitrogens with zero attached hydrogens (tertiary/aromatic N) is 3. The molecule has 0 unspecified atom stereocenters. The van der Waals surface area contributed by atoms with Gasteiger partial charge in [-0.1, -0.05) is 66.2 Å².